The van der Waals surface area contributed by atoms with Crippen LogP contribution in [0, 0.1) is 0 Å². The molecule has 0 saturated carbocycles. The number of fused-ring (bicyclic) bond motifs is 1. The first-order valence-corrected chi connectivity index (χ1v) is 5.42. The number of nitrogens with zero attached hydrogens (tertiary/aromatic N) is 1. The van der Waals surface area contributed by atoms with Gasteiger partial charge in [0.05, 0.1) is 7.11 Å². The highest BCUT2D eigenvalue weighted by molar-refractivity contribution is 6.08. The third-order valence-electron chi connectivity index (χ3n) is 2.74. The lowest BCUT2D eigenvalue weighted by Gasteiger charge is -2.14. The van der Waals surface area contributed by atoms with E-state index in [1.165, 1.54) is 0 Å². The van der Waals surface area contributed by atoms with Gasteiger partial charge in [0.1, 0.15) is 5.75 Å². The highest BCUT2D eigenvalue weighted by Gasteiger charge is 2.13. The zero-order chi connectivity index (χ0) is 12.4. The molecule has 0 radical (unpaired) electrons. The number of carbonyl (C=O) groups excluding carboxylic acids is 1. The smallest absolute Gasteiger partial charge is 0.253 e. The Bertz CT molecular complexity index is 561. The summed E-state index contributed by atoms with van der Waals surface area (Å²) in [4.78, 5) is 13.6. The SMILES string of the molecule is COc1ccc(C(=O)N(C)C)c2ccccc12. The van der Waals surface area contributed by atoms with E-state index in [1.807, 2.05) is 36.4 Å². The molecule has 0 spiro atoms. The van der Waals surface area contributed by atoms with Crippen LogP contribution in [0.15, 0.2) is 36.4 Å². The van der Waals surface area contributed by atoms with Crippen molar-refractivity contribution in [1.82, 2.24) is 4.90 Å². The fraction of sp³-hybridized carbons (Fsp3) is 0.214. The molecule has 88 valence electrons. The van der Waals surface area contributed by atoms with Crippen LogP contribution in [0.2, 0.25) is 0 Å². The summed E-state index contributed by atoms with van der Waals surface area (Å²) in [5, 5.41) is 1.88. The third kappa shape index (κ3) is 1.96. The van der Waals surface area contributed by atoms with Crippen LogP contribution in [0.1, 0.15) is 10.4 Å². The molecular weight excluding hydrogens is 214 g/mol. The molecule has 0 aliphatic heterocycles. The monoisotopic (exact) mass is 229 g/mol. The van der Waals surface area contributed by atoms with E-state index in [9.17, 15) is 4.79 Å². The zero-order valence-electron chi connectivity index (χ0n) is 10.2. The fourth-order valence-electron chi connectivity index (χ4n) is 1.88. The van der Waals surface area contributed by atoms with Gasteiger partial charge >= 0.3 is 0 Å². The highest BCUT2D eigenvalue weighted by Crippen LogP contribution is 2.28. The van der Waals surface area contributed by atoms with Gasteiger partial charge in [-0.3, -0.25) is 4.79 Å². The molecule has 1 amide bonds. The second-order valence-corrected chi connectivity index (χ2v) is 4.06. The first-order chi connectivity index (χ1) is 8.15. The molecule has 0 aromatic heterocycles. The Morgan fingerprint density at radius 3 is 2.29 bits per heavy atom. The van der Waals surface area contributed by atoms with E-state index >= 15 is 0 Å². The van der Waals surface area contributed by atoms with Crippen LogP contribution in [0.25, 0.3) is 10.8 Å². The van der Waals surface area contributed by atoms with Crippen LogP contribution in [0.5, 0.6) is 5.75 Å². The van der Waals surface area contributed by atoms with Gasteiger partial charge in [0.2, 0.25) is 0 Å². The van der Waals surface area contributed by atoms with Crippen LogP contribution < -0.4 is 4.74 Å². The quantitative estimate of drug-likeness (QED) is 0.792. The summed E-state index contributed by atoms with van der Waals surface area (Å²) < 4.78 is 5.30. The maximum atomic E-state index is 12.0. The van der Waals surface area contributed by atoms with Crippen molar-refractivity contribution in [2.45, 2.75) is 0 Å². The number of carbonyl (C=O) groups is 1. The number of amides is 1. The molecule has 0 aliphatic carbocycles. The van der Waals surface area contributed by atoms with E-state index in [0.29, 0.717) is 5.56 Å². The molecule has 0 atom stereocenters. The Balaban J connectivity index is 2.71. The second kappa shape index (κ2) is 4.45. The predicted octanol–water partition coefficient (Wildman–Crippen LogP) is 2.55. The largest absolute Gasteiger partial charge is 0.496 e. The number of benzene rings is 2. The molecule has 2 aromatic rings. The van der Waals surface area contributed by atoms with Crippen molar-refractivity contribution < 1.29 is 9.53 Å². The maximum absolute atomic E-state index is 12.0. The summed E-state index contributed by atoms with van der Waals surface area (Å²) in [5.41, 5.74) is 0.700. The summed E-state index contributed by atoms with van der Waals surface area (Å²) in [6, 6.07) is 11.4. The summed E-state index contributed by atoms with van der Waals surface area (Å²) in [7, 11) is 5.14. The lowest BCUT2D eigenvalue weighted by atomic mass is 10.0. The summed E-state index contributed by atoms with van der Waals surface area (Å²) in [6.07, 6.45) is 0. The average molecular weight is 229 g/mol. The van der Waals surface area contributed by atoms with Gasteiger partial charge < -0.3 is 9.64 Å². The van der Waals surface area contributed by atoms with Crippen LogP contribution in [0.3, 0.4) is 0 Å². The molecule has 2 aromatic carbocycles. The Labute approximate surface area is 101 Å². The molecule has 0 fully saturated rings. The molecule has 2 rings (SSSR count). The van der Waals surface area contributed by atoms with E-state index in [0.717, 1.165) is 16.5 Å². The van der Waals surface area contributed by atoms with E-state index < -0.39 is 0 Å². The molecule has 0 saturated heterocycles. The minimum absolute atomic E-state index is 0.00357. The van der Waals surface area contributed by atoms with Gasteiger partial charge in [-0.25, -0.2) is 0 Å². The molecule has 3 nitrogen and oxygen atoms in total. The van der Waals surface area contributed by atoms with Crippen molar-refractivity contribution in [3.8, 4) is 5.75 Å². The van der Waals surface area contributed by atoms with Gasteiger partial charge in [-0.05, 0) is 17.5 Å². The maximum Gasteiger partial charge on any atom is 0.253 e. The first kappa shape index (κ1) is 11.5. The molecule has 3 heteroatoms. The molecule has 0 heterocycles. The molecule has 0 N–H and O–H groups in total. The molecular formula is C14H15NO2. The highest BCUT2D eigenvalue weighted by atomic mass is 16.5. The van der Waals surface area contributed by atoms with Gasteiger partial charge in [0.15, 0.2) is 0 Å². The van der Waals surface area contributed by atoms with E-state index in [2.05, 4.69) is 0 Å². The summed E-state index contributed by atoms with van der Waals surface area (Å²) in [5.74, 6) is 0.791. The van der Waals surface area contributed by atoms with Gasteiger partial charge in [0, 0.05) is 25.0 Å². The lowest BCUT2D eigenvalue weighted by molar-refractivity contribution is 0.0829. The van der Waals surface area contributed by atoms with Crippen molar-refractivity contribution in [3.05, 3.63) is 42.0 Å². The standard InChI is InChI=1S/C14H15NO2/c1-15(2)14(16)12-8-9-13(17-3)11-7-5-4-6-10(11)12/h4-9H,1-3H3. The topological polar surface area (TPSA) is 29.5 Å². The molecule has 0 bridgehead atoms. The molecule has 17 heavy (non-hydrogen) atoms. The van der Waals surface area contributed by atoms with Crippen molar-refractivity contribution in [3.63, 3.8) is 0 Å². The van der Waals surface area contributed by atoms with Crippen molar-refractivity contribution in [1.29, 1.82) is 0 Å². The van der Waals surface area contributed by atoms with Crippen molar-refractivity contribution in [2.24, 2.45) is 0 Å². The Morgan fingerprint density at radius 2 is 1.71 bits per heavy atom. The van der Waals surface area contributed by atoms with E-state index in [-0.39, 0.29) is 5.91 Å². The predicted molar refractivity (Wildman–Crippen MR) is 68.5 cm³/mol. The minimum atomic E-state index is 0.00357. The fourth-order valence-corrected chi connectivity index (χ4v) is 1.88. The van der Waals surface area contributed by atoms with Crippen molar-refractivity contribution >= 4 is 16.7 Å². The summed E-state index contributed by atoms with van der Waals surface area (Å²) in [6.45, 7) is 0. The normalized spacial score (nSPS) is 10.3. The minimum Gasteiger partial charge on any atom is -0.496 e. The Morgan fingerprint density at radius 1 is 1.06 bits per heavy atom. The van der Waals surface area contributed by atoms with Crippen LogP contribution >= 0.6 is 0 Å². The van der Waals surface area contributed by atoms with E-state index in [4.69, 9.17) is 4.74 Å². The first-order valence-electron chi connectivity index (χ1n) is 5.42. The van der Waals surface area contributed by atoms with Crippen LogP contribution in [-0.4, -0.2) is 32.0 Å². The van der Waals surface area contributed by atoms with Crippen LogP contribution in [-0.2, 0) is 0 Å². The van der Waals surface area contributed by atoms with Gasteiger partial charge in [-0.1, -0.05) is 24.3 Å². The number of hydrogen-bond donors (Lipinski definition) is 0. The zero-order valence-corrected chi connectivity index (χ0v) is 10.2. The number of ether oxygens (including phenoxy) is 1. The lowest BCUT2D eigenvalue weighted by Crippen LogP contribution is -2.21. The Hall–Kier alpha value is -2.03. The number of methoxy groups -OCH3 is 1. The third-order valence-corrected chi connectivity index (χ3v) is 2.74. The van der Waals surface area contributed by atoms with E-state index in [1.54, 1.807) is 26.1 Å². The number of hydrogen-bond acceptors (Lipinski definition) is 2. The van der Waals surface area contributed by atoms with Crippen LogP contribution in [0.4, 0.5) is 0 Å². The average Bonchev–Trinajstić information content (AvgIpc) is 2.36. The summed E-state index contributed by atoms with van der Waals surface area (Å²) >= 11 is 0. The van der Waals surface area contributed by atoms with Gasteiger partial charge in [-0.2, -0.15) is 0 Å². The van der Waals surface area contributed by atoms with Crippen molar-refractivity contribution in [2.75, 3.05) is 21.2 Å². The number of rotatable bonds is 2. The van der Waals surface area contributed by atoms with Gasteiger partial charge in [0.25, 0.3) is 5.91 Å². The molecule has 0 unspecified atom stereocenters. The molecule has 0 aliphatic rings. The second-order valence-electron chi connectivity index (χ2n) is 4.06. The Kier molecular flexibility index (Phi) is 3.00. The van der Waals surface area contributed by atoms with Gasteiger partial charge in [-0.15, -0.1) is 0 Å².